The van der Waals surface area contributed by atoms with Crippen LogP contribution in [0.25, 0.3) is 11.1 Å². The molecule has 1 nitrogen and oxygen atoms in total. The molecule has 3 aromatic rings. The molecule has 0 unspecified atom stereocenters. The van der Waals surface area contributed by atoms with Gasteiger partial charge in [-0.3, -0.25) is 4.79 Å². The van der Waals surface area contributed by atoms with Crippen LogP contribution in [-0.2, 0) is 0 Å². The molecular weight excluding hydrogens is 324 g/mol. The van der Waals surface area contributed by atoms with Gasteiger partial charge in [0.25, 0.3) is 0 Å². The van der Waals surface area contributed by atoms with E-state index in [0.29, 0.717) is 11.1 Å². The molecular formula is C19H13BrO. The van der Waals surface area contributed by atoms with E-state index < -0.39 is 0 Å². The summed E-state index contributed by atoms with van der Waals surface area (Å²) in [5.41, 5.74) is 3.64. The number of halogens is 1. The smallest absolute Gasteiger partial charge is 0.194 e. The van der Waals surface area contributed by atoms with Crippen LogP contribution in [0.3, 0.4) is 0 Å². The number of rotatable bonds is 3. The predicted octanol–water partition coefficient (Wildman–Crippen LogP) is 5.35. The minimum atomic E-state index is 0.0297. The fourth-order valence-electron chi connectivity index (χ4n) is 2.25. The first-order valence-electron chi connectivity index (χ1n) is 6.70. The maximum absolute atomic E-state index is 12.5. The summed E-state index contributed by atoms with van der Waals surface area (Å²) < 4.78 is 0.821. The Balaban J connectivity index is 1.91. The maximum Gasteiger partial charge on any atom is 0.194 e. The molecule has 0 saturated heterocycles. The Hall–Kier alpha value is -2.19. The molecule has 0 amide bonds. The van der Waals surface area contributed by atoms with Crippen LogP contribution in [0.1, 0.15) is 15.9 Å². The van der Waals surface area contributed by atoms with Crippen molar-refractivity contribution in [1.29, 1.82) is 0 Å². The second-order valence-electron chi connectivity index (χ2n) is 4.75. The van der Waals surface area contributed by atoms with Gasteiger partial charge < -0.3 is 0 Å². The van der Waals surface area contributed by atoms with E-state index in [2.05, 4.69) is 28.1 Å². The first kappa shape index (κ1) is 13.8. The van der Waals surface area contributed by atoms with E-state index in [4.69, 9.17) is 0 Å². The highest BCUT2D eigenvalue weighted by Gasteiger charge is 2.11. The van der Waals surface area contributed by atoms with Gasteiger partial charge in [0.1, 0.15) is 0 Å². The van der Waals surface area contributed by atoms with E-state index >= 15 is 0 Å². The first-order valence-corrected chi connectivity index (χ1v) is 7.50. The van der Waals surface area contributed by atoms with Gasteiger partial charge in [-0.15, -0.1) is 0 Å². The minimum absolute atomic E-state index is 0.0297. The molecule has 0 spiro atoms. The Labute approximate surface area is 132 Å². The molecule has 21 heavy (non-hydrogen) atoms. The zero-order chi connectivity index (χ0) is 14.7. The second kappa shape index (κ2) is 6.06. The lowest BCUT2D eigenvalue weighted by molar-refractivity contribution is 0.103. The highest BCUT2D eigenvalue weighted by Crippen LogP contribution is 2.23. The monoisotopic (exact) mass is 336 g/mol. The average molecular weight is 337 g/mol. The van der Waals surface area contributed by atoms with E-state index in [9.17, 15) is 4.79 Å². The number of hydrogen-bond acceptors (Lipinski definition) is 1. The fourth-order valence-corrected chi connectivity index (χ4v) is 2.71. The second-order valence-corrected chi connectivity index (χ2v) is 5.61. The highest BCUT2D eigenvalue weighted by atomic mass is 79.9. The number of benzene rings is 3. The standard InChI is InChI=1S/C19H13BrO/c20-18-9-5-4-8-17(18)19(21)16-12-10-15(11-13-16)14-6-2-1-3-7-14/h1-13H. The van der Waals surface area contributed by atoms with Gasteiger partial charge in [-0.2, -0.15) is 0 Å². The topological polar surface area (TPSA) is 17.1 Å². The first-order chi connectivity index (χ1) is 10.3. The minimum Gasteiger partial charge on any atom is -0.289 e. The van der Waals surface area contributed by atoms with Crippen molar-refractivity contribution >= 4 is 21.7 Å². The molecule has 0 aliphatic heterocycles. The van der Waals surface area contributed by atoms with Gasteiger partial charge in [-0.25, -0.2) is 0 Å². The van der Waals surface area contributed by atoms with Crippen LogP contribution in [0.15, 0.2) is 83.3 Å². The lowest BCUT2D eigenvalue weighted by Gasteiger charge is -2.05. The summed E-state index contributed by atoms with van der Waals surface area (Å²) in [5, 5.41) is 0. The fraction of sp³-hybridized carbons (Fsp3) is 0. The number of ketones is 1. The molecule has 2 heteroatoms. The van der Waals surface area contributed by atoms with Crippen LogP contribution in [0.2, 0.25) is 0 Å². The predicted molar refractivity (Wildman–Crippen MR) is 89.5 cm³/mol. The van der Waals surface area contributed by atoms with E-state index in [1.165, 1.54) is 0 Å². The zero-order valence-electron chi connectivity index (χ0n) is 11.3. The Bertz CT molecular complexity index is 761. The van der Waals surface area contributed by atoms with Crippen molar-refractivity contribution < 1.29 is 4.79 Å². The normalized spacial score (nSPS) is 10.3. The van der Waals surface area contributed by atoms with Gasteiger partial charge in [0.05, 0.1) is 0 Å². The average Bonchev–Trinajstić information content (AvgIpc) is 2.56. The summed E-state index contributed by atoms with van der Waals surface area (Å²) in [5.74, 6) is 0.0297. The third kappa shape index (κ3) is 2.96. The van der Waals surface area contributed by atoms with Crippen LogP contribution in [0.5, 0.6) is 0 Å². The van der Waals surface area contributed by atoms with Crippen molar-refractivity contribution in [3.8, 4) is 11.1 Å². The summed E-state index contributed by atoms with van der Waals surface area (Å²) in [6, 6.07) is 25.3. The molecule has 0 bridgehead atoms. The summed E-state index contributed by atoms with van der Waals surface area (Å²) in [6.07, 6.45) is 0. The maximum atomic E-state index is 12.5. The summed E-state index contributed by atoms with van der Waals surface area (Å²) >= 11 is 3.42. The Morgan fingerprint density at radius 1 is 0.667 bits per heavy atom. The lowest BCUT2D eigenvalue weighted by atomic mass is 9.99. The summed E-state index contributed by atoms with van der Waals surface area (Å²) in [6.45, 7) is 0. The van der Waals surface area contributed by atoms with Gasteiger partial charge in [0, 0.05) is 15.6 Å². The molecule has 0 aliphatic rings. The van der Waals surface area contributed by atoms with Crippen molar-refractivity contribution in [2.75, 3.05) is 0 Å². The van der Waals surface area contributed by atoms with E-state index in [1.807, 2.05) is 66.7 Å². The quantitative estimate of drug-likeness (QED) is 0.589. The Morgan fingerprint density at radius 2 is 1.24 bits per heavy atom. The van der Waals surface area contributed by atoms with Crippen LogP contribution in [-0.4, -0.2) is 5.78 Å². The van der Waals surface area contributed by atoms with E-state index in [-0.39, 0.29) is 5.78 Å². The SMILES string of the molecule is O=C(c1ccc(-c2ccccc2)cc1)c1ccccc1Br. The summed E-state index contributed by atoms with van der Waals surface area (Å²) in [4.78, 5) is 12.5. The Kier molecular flexibility index (Phi) is 3.98. The van der Waals surface area contributed by atoms with E-state index in [1.54, 1.807) is 0 Å². The van der Waals surface area contributed by atoms with Crippen LogP contribution in [0.4, 0.5) is 0 Å². The molecule has 0 fully saturated rings. The molecule has 0 atom stereocenters. The third-order valence-corrected chi connectivity index (χ3v) is 4.06. The van der Waals surface area contributed by atoms with Crippen molar-refractivity contribution in [1.82, 2.24) is 0 Å². The number of carbonyl (C=O) groups is 1. The highest BCUT2D eigenvalue weighted by molar-refractivity contribution is 9.10. The largest absolute Gasteiger partial charge is 0.289 e. The van der Waals surface area contributed by atoms with Crippen molar-refractivity contribution in [2.45, 2.75) is 0 Å². The molecule has 0 aromatic heterocycles. The third-order valence-electron chi connectivity index (χ3n) is 3.37. The molecule has 0 aliphatic carbocycles. The van der Waals surface area contributed by atoms with Gasteiger partial charge in [0.15, 0.2) is 5.78 Å². The van der Waals surface area contributed by atoms with Crippen LogP contribution in [0, 0.1) is 0 Å². The van der Waals surface area contributed by atoms with Crippen LogP contribution >= 0.6 is 15.9 Å². The molecule has 0 N–H and O–H groups in total. The number of hydrogen-bond donors (Lipinski definition) is 0. The molecule has 102 valence electrons. The zero-order valence-corrected chi connectivity index (χ0v) is 12.9. The molecule has 3 aromatic carbocycles. The van der Waals surface area contributed by atoms with Crippen molar-refractivity contribution in [3.63, 3.8) is 0 Å². The van der Waals surface area contributed by atoms with Gasteiger partial charge in [-0.1, -0.05) is 82.7 Å². The van der Waals surface area contributed by atoms with Gasteiger partial charge in [-0.05, 0) is 23.3 Å². The molecule has 3 rings (SSSR count). The van der Waals surface area contributed by atoms with Gasteiger partial charge >= 0.3 is 0 Å². The lowest BCUT2D eigenvalue weighted by Crippen LogP contribution is -2.01. The Morgan fingerprint density at radius 3 is 1.90 bits per heavy atom. The van der Waals surface area contributed by atoms with Gasteiger partial charge in [0.2, 0.25) is 0 Å². The summed E-state index contributed by atoms with van der Waals surface area (Å²) in [7, 11) is 0. The number of carbonyl (C=O) groups excluding carboxylic acids is 1. The molecule has 0 radical (unpaired) electrons. The van der Waals surface area contributed by atoms with Crippen molar-refractivity contribution in [3.05, 3.63) is 94.5 Å². The molecule has 0 saturated carbocycles. The van der Waals surface area contributed by atoms with Crippen molar-refractivity contribution in [2.24, 2.45) is 0 Å². The van der Waals surface area contributed by atoms with Crippen LogP contribution < -0.4 is 0 Å². The van der Waals surface area contributed by atoms with E-state index in [0.717, 1.165) is 15.6 Å². The molecule has 0 heterocycles.